The minimum Gasteiger partial charge on any atom is -0.544 e. The number of carbonyl (C=O) groups is 1. The first kappa shape index (κ1) is 11.5. The molecule has 0 fully saturated rings. The van der Waals surface area contributed by atoms with Gasteiger partial charge in [-0.25, -0.2) is 0 Å². The molecule has 3 N–H and O–H groups in total. The molecular weight excluding hydrogens is 211 g/mol. The zero-order valence-electron chi connectivity index (χ0n) is 7.54. The van der Waals surface area contributed by atoms with Crippen molar-refractivity contribution in [3.8, 4) is 0 Å². The van der Waals surface area contributed by atoms with Crippen LogP contribution in [0.3, 0.4) is 0 Å². The lowest BCUT2D eigenvalue weighted by molar-refractivity contribution is -0.443. The second-order valence-corrected chi connectivity index (χ2v) is 2.99. The number of hydrogen-bond donors (Lipinski definition) is 1. The summed E-state index contributed by atoms with van der Waals surface area (Å²) in [6, 6.07) is 2.73. The predicted octanol–water partition coefficient (Wildman–Crippen LogP) is -0.262. The van der Waals surface area contributed by atoms with E-state index in [1.807, 2.05) is 0 Å². The Hall–Kier alpha value is -1.56. The number of carboxylic acids is 1. The molecule has 0 aromatic heterocycles. The van der Waals surface area contributed by atoms with E-state index < -0.39 is 23.8 Å². The van der Waals surface area contributed by atoms with Crippen molar-refractivity contribution in [1.82, 2.24) is 0 Å². The SMILES string of the molecule is [NH3+][C@H](C(=O)[O-])c1cccc(C(F)(F)F)c1. The van der Waals surface area contributed by atoms with Gasteiger partial charge in [0.15, 0.2) is 6.04 Å². The molecule has 15 heavy (non-hydrogen) atoms. The summed E-state index contributed by atoms with van der Waals surface area (Å²) in [5.41, 5.74) is 2.28. The highest BCUT2D eigenvalue weighted by Crippen LogP contribution is 2.30. The van der Waals surface area contributed by atoms with E-state index in [1.54, 1.807) is 0 Å². The van der Waals surface area contributed by atoms with Crippen molar-refractivity contribution < 1.29 is 28.8 Å². The molecule has 0 radical (unpaired) electrons. The van der Waals surface area contributed by atoms with Gasteiger partial charge in [0, 0.05) is 5.56 Å². The molecule has 0 aliphatic carbocycles. The molecule has 0 amide bonds. The van der Waals surface area contributed by atoms with Gasteiger partial charge in [0.2, 0.25) is 0 Å². The predicted molar refractivity (Wildman–Crippen MR) is 42.1 cm³/mol. The average Bonchev–Trinajstić information content (AvgIpc) is 2.15. The molecule has 6 heteroatoms. The van der Waals surface area contributed by atoms with Crippen LogP contribution < -0.4 is 10.8 Å². The Morgan fingerprint density at radius 3 is 2.47 bits per heavy atom. The van der Waals surface area contributed by atoms with Gasteiger partial charge in [-0.1, -0.05) is 12.1 Å². The number of halogens is 3. The largest absolute Gasteiger partial charge is 0.544 e. The van der Waals surface area contributed by atoms with Crippen molar-refractivity contribution in [2.45, 2.75) is 12.2 Å². The third-order valence-corrected chi connectivity index (χ3v) is 1.90. The summed E-state index contributed by atoms with van der Waals surface area (Å²) >= 11 is 0. The summed E-state index contributed by atoms with van der Waals surface area (Å²) in [4.78, 5) is 10.4. The molecule has 1 atom stereocenters. The van der Waals surface area contributed by atoms with Gasteiger partial charge < -0.3 is 15.6 Å². The number of quaternary nitrogens is 1. The zero-order chi connectivity index (χ0) is 11.6. The van der Waals surface area contributed by atoms with Crippen LogP contribution in [0.1, 0.15) is 17.2 Å². The molecule has 1 aromatic carbocycles. The lowest BCUT2D eigenvalue weighted by Crippen LogP contribution is -2.61. The van der Waals surface area contributed by atoms with E-state index >= 15 is 0 Å². The maximum absolute atomic E-state index is 12.2. The summed E-state index contributed by atoms with van der Waals surface area (Å²) in [7, 11) is 0. The molecular formula is C9H8F3NO2. The first-order valence-electron chi connectivity index (χ1n) is 4.03. The molecule has 0 unspecified atom stereocenters. The monoisotopic (exact) mass is 219 g/mol. The number of aliphatic carboxylic acids is 1. The quantitative estimate of drug-likeness (QED) is 0.744. The Morgan fingerprint density at radius 1 is 1.40 bits per heavy atom. The molecule has 0 spiro atoms. The molecule has 0 aliphatic heterocycles. The van der Waals surface area contributed by atoms with E-state index in [0.29, 0.717) is 0 Å². The highest BCUT2D eigenvalue weighted by Gasteiger charge is 2.31. The van der Waals surface area contributed by atoms with Gasteiger partial charge in [0.25, 0.3) is 0 Å². The fourth-order valence-corrected chi connectivity index (χ4v) is 1.07. The molecule has 0 saturated carbocycles. The number of rotatable bonds is 2. The van der Waals surface area contributed by atoms with Gasteiger partial charge >= 0.3 is 6.18 Å². The van der Waals surface area contributed by atoms with E-state index in [2.05, 4.69) is 5.73 Å². The number of carboxylic acid groups (broad SMARTS) is 1. The van der Waals surface area contributed by atoms with Gasteiger partial charge in [-0.15, -0.1) is 0 Å². The number of alkyl halides is 3. The molecule has 0 heterocycles. The van der Waals surface area contributed by atoms with Crippen LogP contribution in [0.25, 0.3) is 0 Å². The van der Waals surface area contributed by atoms with Crippen molar-refractivity contribution in [3.05, 3.63) is 35.4 Å². The van der Waals surface area contributed by atoms with Gasteiger partial charge in [-0.05, 0) is 12.1 Å². The smallest absolute Gasteiger partial charge is 0.416 e. The number of benzene rings is 1. The highest BCUT2D eigenvalue weighted by molar-refractivity contribution is 5.71. The lowest BCUT2D eigenvalue weighted by Gasteiger charge is -2.12. The summed E-state index contributed by atoms with van der Waals surface area (Å²) in [6.07, 6.45) is -4.48. The van der Waals surface area contributed by atoms with Gasteiger partial charge in [-0.2, -0.15) is 13.2 Å². The van der Waals surface area contributed by atoms with Crippen molar-refractivity contribution in [2.75, 3.05) is 0 Å². The van der Waals surface area contributed by atoms with Crippen molar-refractivity contribution in [1.29, 1.82) is 0 Å². The molecule has 1 rings (SSSR count). The standard InChI is InChI=1S/C9H8F3NO2/c10-9(11,12)6-3-1-2-5(4-6)7(13)8(14)15/h1-4,7H,13H2,(H,14,15)/t7-/m0/s1. The molecule has 82 valence electrons. The topological polar surface area (TPSA) is 67.8 Å². The normalized spacial score (nSPS) is 13.6. The summed E-state index contributed by atoms with van der Waals surface area (Å²) < 4.78 is 36.7. The minimum atomic E-state index is -4.48. The zero-order valence-corrected chi connectivity index (χ0v) is 7.54. The summed E-state index contributed by atoms with van der Waals surface area (Å²) in [6.45, 7) is 0. The Kier molecular flexibility index (Phi) is 2.99. The van der Waals surface area contributed by atoms with Crippen LogP contribution in [0, 0.1) is 0 Å². The maximum atomic E-state index is 12.2. The van der Waals surface area contributed by atoms with E-state index in [1.165, 1.54) is 6.07 Å². The van der Waals surface area contributed by atoms with E-state index in [0.717, 1.165) is 18.2 Å². The number of carbonyl (C=O) groups excluding carboxylic acids is 1. The van der Waals surface area contributed by atoms with Gasteiger partial charge in [-0.3, -0.25) is 0 Å². The first-order chi connectivity index (χ1) is 6.82. The molecule has 0 bridgehead atoms. The molecule has 0 aliphatic rings. The third-order valence-electron chi connectivity index (χ3n) is 1.90. The van der Waals surface area contributed by atoms with E-state index in [-0.39, 0.29) is 5.56 Å². The van der Waals surface area contributed by atoms with Crippen LogP contribution in [0.2, 0.25) is 0 Å². The van der Waals surface area contributed by atoms with Crippen molar-refractivity contribution in [3.63, 3.8) is 0 Å². The first-order valence-corrected chi connectivity index (χ1v) is 4.03. The van der Waals surface area contributed by atoms with E-state index in [9.17, 15) is 23.1 Å². The highest BCUT2D eigenvalue weighted by atomic mass is 19.4. The van der Waals surface area contributed by atoms with Crippen LogP contribution in [0.4, 0.5) is 13.2 Å². The second kappa shape index (κ2) is 3.90. The Bertz CT molecular complexity index is 376. The lowest BCUT2D eigenvalue weighted by atomic mass is 10.0. The number of hydrogen-bond acceptors (Lipinski definition) is 2. The van der Waals surface area contributed by atoms with Crippen molar-refractivity contribution in [2.24, 2.45) is 0 Å². The second-order valence-electron chi connectivity index (χ2n) is 2.99. The van der Waals surface area contributed by atoms with Crippen LogP contribution in [0.5, 0.6) is 0 Å². The Labute approximate surface area is 83.3 Å². The van der Waals surface area contributed by atoms with Crippen LogP contribution in [0.15, 0.2) is 24.3 Å². The third kappa shape index (κ3) is 2.69. The molecule has 0 saturated heterocycles. The minimum absolute atomic E-state index is 0.0233. The fourth-order valence-electron chi connectivity index (χ4n) is 1.07. The Morgan fingerprint density at radius 2 is 2.00 bits per heavy atom. The van der Waals surface area contributed by atoms with Crippen LogP contribution in [-0.4, -0.2) is 5.97 Å². The fraction of sp³-hybridized carbons (Fsp3) is 0.222. The Balaban J connectivity index is 3.08. The van der Waals surface area contributed by atoms with Crippen molar-refractivity contribution >= 4 is 5.97 Å². The van der Waals surface area contributed by atoms with Crippen LogP contribution in [-0.2, 0) is 11.0 Å². The van der Waals surface area contributed by atoms with Crippen LogP contribution >= 0.6 is 0 Å². The molecule has 3 nitrogen and oxygen atoms in total. The van der Waals surface area contributed by atoms with Gasteiger partial charge in [0.05, 0.1) is 5.56 Å². The summed E-state index contributed by atoms with van der Waals surface area (Å²) in [5, 5.41) is 10.4. The average molecular weight is 219 g/mol. The summed E-state index contributed by atoms with van der Waals surface area (Å²) in [5.74, 6) is -1.51. The maximum Gasteiger partial charge on any atom is 0.416 e. The van der Waals surface area contributed by atoms with Gasteiger partial charge in [0.1, 0.15) is 5.97 Å². The molecule has 1 aromatic rings. The van der Waals surface area contributed by atoms with E-state index in [4.69, 9.17) is 0 Å².